The highest BCUT2D eigenvalue weighted by molar-refractivity contribution is 5.77. The molecule has 0 radical (unpaired) electrons. The van der Waals surface area contributed by atoms with Gasteiger partial charge in [0.15, 0.2) is 0 Å². The number of hydrogen-bond acceptors (Lipinski definition) is 4. The van der Waals surface area contributed by atoms with E-state index in [0.29, 0.717) is 19.4 Å². The van der Waals surface area contributed by atoms with Gasteiger partial charge in [-0.15, -0.1) is 0 Å². The Morgan fingerprint density at radius 3 is 2.55 bits per heavy atom. The minimum absolute atomic E-state index is 0.0278. The summed E-state index contributed by atoms with van der Waals surface area (Å²) in [7, 11) is 0. The highest BCUT2D eigenvalue weighted by Gasteiger charge is 2.35. The number of alkyl carbamates (subject to hydrolysis) is 1. The molecule has 6 nitrogen and oxygen atoms in total. The van der Waals surface area contributed by atoms with Crippen molar-refractivity contribution in [1.82, 2.24) is 10.2 Å². The number of nitrogens with zero attached hydrogens (tertiary/aromatic N) is 1. The first-order chi connectivity index (χ1) is 9.26. The van der Waals surface area contributed by atoms with Gasteiger partial charge in [-0.3, -0.25) is 4.79 Å². The third-order valence-electron chi connectivity index (χ3n) is 3.13. The van der Waals surface area contributed by atoms with E-state index < -0.39 is 11.7 Å². The summed E-state index contributed by atoms with van der Waals surface area (Å²) in [4.78, 5) is 25.3. The van der Waals surface area contributed by atoms with Crippen molar-refractivity contribution in [2.75, 3.05) is 13.2 Å². The van der Waals surface area contributed by atoms with E-state index >= 15 is 0 Å². The van der Waals surface area contributed by atoms with Crippen LogP contribution in [0.15, 0.2) is 0 Å². The number of nitrogens with one attached hydrogen (secondary N) is 1. The van der Waals surface area contributed by atoms with Gasteiger partial charge in [0.1, 0.15) is 5.60 Å². The molecule has 0 aliphatic carbocycles. The van der Waals surface area contributed by atoms with Crippen molar-refractivity contribution in [3.63, 3.8) is 0 Å². The van der Waals surface area contributed by atoms with Crippen molar-refractivity contribution in [3.05, 3.63) is 0 Å². The normalized spacial score (nSPS) is 22.8. The van der Waals surface area contributed by atoms with Crippen LogP contribution in [-0.4, -0.2) is 52.8 Å². The molecule has 0 spiro atoms. The summed E-state index contributed by atoms with van der Waals surface area (Å²) in [6.45, 7) is 7.70. The largest absolute Gasteiger partial charge is 0.444 e. The SMILES string of the molecule is CCCC(=O)N1C[C@@H](NC(=O)OC(C)(C)C)C[C@H]1CO. The summed E-state index contributed by atoms with van der Waals surface area (Å²) >= 11 is 0. The molecule has 1 rings (SSSR count). The van der Waals surface area contributed by atoms with Crippen LogP contribution in [0.25, 0.3) is 0 Å². The summed E-state index contributed by atoms with van der Waals surface area (Å²) in [5.41, 5.74) is -0.545. The standard InChI is InChI=1S/C14H26N2O4/c1-5-6-12(18)16-8-10(7-11(16)9-17)15-13(19)20-14(2,3)4/h10-11,17H,5-9H2,1-4H3,(H,15,19)/t10-,11-/m0/s1. The highest BCUT2D eigenvalue weighted by Crippen LogP contribution is 2.19. The zero-order chi connectivity index (χ0) is 15.3. The van der Waals surface area contributed by atoms with Crippen LogP contribution in [0.3, 0.4) is 0 Å². The summed E-state index contributed by atoms with van der Waals surface area (Å²) < 4.78 is 5.20. The average Bonchev–Trinajstić information content (AvgIpc) is 2.69. The van der Waals surface area contributed by atoms with Crippen LogP contribution in [0.2, 0.25) is 0 Å². The zero-order valence-corrected chi connectivity index (χ0v) is 12.8. The molecule has 20 heavy (non-hydrogen) atoms. The molecule has 1 saturated heterocycles. The third kappa shape index (κ3) is 5.00. The van der Waals surface area contributed by atoms with Gasteiger partial charge in [0.05, 0.1) is 18.7 Å². The van der Waals surface area contributed by atoms with Gasteiger partial charge in [-0.1, -0.05) is 6.92 Å². The van der Waals surface area contributed by atoms with Gasteiger partial charge in [0.25, 0.3) is 0 Å². The predicted molar refractivity (Wildman–Crippen MR) is 75.3 cm³/mol. The molecule has 1 aliphatic heterocycles. The fourth-order valence-electron chi connectivity index (χ4n) is 2.33. The van der Waals surface area contributed by atoms with Crippen LogP contribution in [0.1, 0.15) is 47.0 Å². The molecule has 0 saturated carbocycles. The molecule has 2 amide bonds. The lowest BCUT2D eigenvalue weighted by atomic mass is 10.2. The first-order valence-corrected chi connectivity index (χ1v) is 7.16. The predicted octanol–water partition coefficient (Wildman–Crippen LogP) is 1.27. The Kier molecular flexibility index (Phi) is 5.80. The third-order valence-corrected chi connectivity index (χ3v) is 3.13. The van der Waals surface area contributed by atoms with E-state index in [0.717, 1.165) is 6.42 Å². The van der Waals surface area contributed by atoms with Gasteiger partial charge in [-0.2, -0.15) is 0 Å². The second-order valence-corrected chi connectivity index (χ2v) is 6.21. The number of amides is 2. The van der Waals surface area contributed by atoms with E-state index in [1.165, 1.54) is 0 Å². The molecule has 2 N–H and O–H groups in total. The molecule has 0 aromatic carbocycles. The van der Waals surface area contributed by atoms with Gasteiger partial charge in [0.2, 0.25) is 5.91 Å². The molecule has 0 aromatic heterocycles. The van der Waals surface area contributed by atoms with Crippen LogP contribution < -0.4 is 5.32 Å². The topological polar surface area (TPSA) is 78.9 Å². The summed E-state index contributed by atoms with van der Waals surface area (Å²) in [5, 5.41) is 12.1. The van der Waals surface area contributed by atoms with E-state index in [1.807, 2.05) is 6.92 Å². The number of aliphatic hydroxyl groups is 1. The van der Waals surface area contributed by atoms with Crippen molar-refractivity contribution in [1.29, 1.82) is 0 Å². The number of carbonyl (C=O) groups excluding carboxylic acids is 2. The molecular formula is C14H26N2O4. The maximum Gasteiger partial charge on any atom is 0.407 e. The summed E-state index contributed by atoms with van der Waals surface area (Å²) in [6, 6.07) is -0.378. The molecule has 2 atom stereocenters. The quantitative estimate of drug-likeness (QED) is 0.816. The van der Waals surface area contributed by atoms with Gasteiger partial charge < -0.3 is 20.1 Å². The fourth-order valence-corrected chi connectivity index (χ4v) is 2.33. The smallest absolute Gasteiger partial charge is 0.407 e. The summed E-state index contributed by atoms with van der Waals surface area (Å²) in [6.07, 6.45) is 1.32. The molecule has 0 unspecified atom stereocenters. The zero-order valence-electron chi connectivity index (χ0n) is 12.8. The molecule has 1 aliphatic rings. The van der Waals surface area contributed by atoms with Crippen LogP contribution >= 0.6 is 0 Å². The number of likely N-dealkylation sites (tertiary alicyclic amines) is 1. The van der Waals surface area contributed by atoms with Crippen LogP contribution in [0, 0.1) is 0 Å². The Morgan fingerprint density at radius 1 is 1.40 bits per heavy atom. The number of rotatable bonds is 4. The summed E-state index contributed by atoms with van der Waals surface area (Å²) in [5.74, 6) is 0.0278. The van der Waals surface area contributed by atoms with Gasteiger partial charge in [0, 0.05) is 13.0 Å². The average molecular weight is 286 g/mol. The van der Waals surface area contributed by atoms with Crippen molar-refractivity contribution in [3.8, 4) is 0 Å². The van der Waals surface area contributed by atoms with E-state index in [-0.39, 0.29) is 24.6 Å². The van der Waals surface area contributed by atoms with Crippen LogP contribution in [0.4, 0.5) is 4.79 Å². The lowest BCUT2D eigenvalue weighted by Crippen LogP contribution is -2.41. The molecule has 1 heterocycles. The van der Waals surface area contributed by atoms with E-state index in [9.17, 15) is 14.7 Å². The Balaban J connectivity index is 2.54. The minimum atomic E-state index is -0.545. The van der Waals surface area contributed by atoms with E-state index in [4.69, 9.17) is 4.74 Å². The highest BCUT2D eigenvalue weighted by atomic mass is 16.6. The maximum absolute atomic E-state index is 11.9. The van der Waals surface area contributed by atoms with Crippen LogP contribution in [-0.2, 0) is 9.53 Å². The molecule has 0 aromatic rings. The second kappa shape index (κ2) is 6.92. The van der Waals surface area contributed by atoms with Gasteiger partial charge in [-0.25, -0.2) is 4.79 Å². The Labute approximate surface area is 120 Å². The number of ether oxygens (including phenoxy) is 1. The van der Waals surface area contributed by atoms with Crippen molar-refractivity contribution in [2.24, 2.45) is 0 Å². The first kappa shape index (κ1) is 16.8. The van der Waals surface area contributed by atoms with Crippen LogP contribution in [0.5, 0.6) is 0 Å². The van der Waals surface area contributed by atoms with E-state index in [2.05, 4.69) is 5.32 Å². The minimum Gasteiger partial charge on any atom is -0.444 e. The van der Waals surface area contributed by atoms with E-state index in [1.54, 1.807) is 25.7 Å². The Bertz CT molecular complexity index is 352. The van der Waals surface area contributed by atoms with Crippen molar-refractivity contribution < 1.29 is 19.4 Å². The maximum atomic E-state index is 11.9. The lowest BCUT2D eigenvalue weighted by molar-refractivity contribution is -0.132. The van der Waals surface area contributed by atoms with Gasteiger partial charge >= 0.3 is 6.09 Å². The van der Waals surface area contributed by atoms with Gasteiger partial charge in [-0.05, 0) is 33.6 Å². The first-order valence-electron chi connectivity index (χ1n) is 7.16. The number of aliphatic hydroxyl groups excluding tert-OH is 1. The number of hydrogen-bond donors (Lipinski definition) is 2. The lowest BCUT2D eigenvalue weighted by Gasteiger charge is -2.23. The Hall–Kier alpha value is -1.30. The van der Waals surface area contributed by atoms with Crippen molar-refractivity contribution in [2.45, 2.75) is 64.6 Å². The molecule has 1 fully saturated rings. The molecule has 0 bridgehead atoms. The Morgan fingerprint density at radius 2 is 2.05 bits per heavy atom. The monoisotopic (exact) mass is 286 g/mol. The molecule has 6 heteroatoms. The molecule has 116 valence electrons. The number of carbonyl (C=O) groups is 2. The fraction of sp³-hybridized carbons (Fsp3) is 0.857. The molecular weight excluding hydrogens is 260 g/mol. The second-order valence-electron chi connectivity index (χ2n) is 6.21. The van der Waals surface area contributed by atoms with Crippen molar-refractivity contribution >= 4 is 12.0 Å².